The zero-order valence-corrected chi connectivity index (χ0v) is 24.9. The lowest BCUT2D eigenvalue weighted by atomic mass is 9.79. The highest BCUT2D eigenvalue weighted by Gasteiger charge is 2.48. The molecular weight excluding hydrogens is 603 g/mol. The minimum Gasteiger partial charge on any atom is -0.326 e. The van der Waals surface area contributed by atoms with Crippen LogP contribution in [0.1, 0.15) is 69.4 Å². The van der Waals surface area contributed by atoms with Crippen LogP contribution in [-0.2, 0) is 26.0 Å². The van der Waals surface area contributed by atoms with Crippen LogP contribution in [0.4, 0.5) is 5.69 Å². The number of amides is 2. The molecule has 2 fully saturated rings. The van der Waals surface area contributed by atoms with E-state index in [9.17, 15) is 18.0 Å². The summed E-state index contributed by atoms with van der Waals surface area (Å²) in [6, 6.07) is 5.53. The first kappa shape index (κ1) is 28.5. The molecule has 1 saturated carbocycles. The van der Waals surface area contributed by atoms with E-state index < -0.39 is 15.6 Å². The Morgan fingerprint density at radius 2 is 1.92 bits per heavy atom. The summed E-state index contributed by atoms with van der Waals surface area (Å²) in [4.78, 5) is 29.2. The summed E-state index contributed by atoms with van der Waals surface area (Å²) in [7, 11) is -3.46. The third kappa shape index (κ3) is 6.92. The second-order valence-corrected chi connectivity index (χ2v) is 14.0. The number of hydrogen-bond donors (Lipinski definition) is 2. The van der Waals surface area contributed by atoms with Crippen LogP contribution >= 0.6 is 22.6 Å². The van der Waals surface area contributed by atoms with Gasteiger partial charge in [0, 0.05) is 31.6 Å². The molecule has 204 valence electrons. The van der Waals surface area contributed by atoms with E-state index in [0.29, 0.717) is 44.0 Å². The van der Waals surface area contributed by atoms with Crippen molar-refractivity contribution in [2.24, 2.45) is 16.8 Å². The molecule has 2 N–H and O–H groups in total. The Kier molecular flexibility index (Phi) is 9.32. The van der Waals surface area contributed by atoms with Gasteiger partial charge in [0.1, 0.15) is 11.4 Å². The van der Waals surface area contributed by atoms with Crippen molar-refractivity contribution in [3.63, 3.8) is 0 Å². The average Bonchev–Trinajstić information content (AvgIpc) is 3.17. The highest BCUT2D eigenvalue weighted by Crippen LogP contribution is 2.37. The van der Waals surface area contributed by atoms with Crippen LogP contribution in [0, 0.1) is 18.8 Å². The molecule has 4 rings (SSSR count). The number of amidine groups is 1. The van der Waals surface area contributed by atoms with E-state index in [4.69, 9.17) is 4.99 Å². The molecule has 3 aliphatic rings. The van der Waals surface area contributed by atoms with Crippen molar-refractivity contribution in [2.45, 2.75) is 77.2 Å². The Labute approximate surface area is 234 Å². The minimum absolute atomic E-state index is 0.0157. The van der Waals surface area contributed by atoms with Crippen LogP contribution in [0.5, 0.6) is 0 Å². The third-order valence-electron chi connectivity index (χ3n) is 8.21. The van der Waals surface area contributed by atoms with E-state index in [0.717, 1.165) is 35.7 Å². The monoisotopic (exact) mass is 642 g/mol. The lowest BCUT2D eigenvalue weighted by molar-refractivity contribution is -0.125. The van der Waals surface area contributed by atoms with E-state index in [-0.39, 0.29) is 17.6 Å². The number of alkyl halides is 1. The van der Waals surface area contributed by atoms with Gasteiger partial charge >= 0.3 is 0 Å². The van der Waals surface area contributed by atoms with Crippen LogP contribution < -0.4 is 10.6 Å². The minimum atomic E-state index is -3.46. The van der Waals surface area contributed by atoms with Gasteiger partial charge in [0.05, 0.1) is 5.75 Å². The Morgan fingerprint density at radius 3 is 2.54 bits per heavy atom. The number of anilines is 1. The Balaban J connectivity index is 1.31. The topological polar surface area (TPSA) is 108 Å². The smallest absolute Gasteiger partial charge is 0.253 e. The number of carbonyl (C=O) groups excluding carboxylic acids is 2. The van der Waals surface area contributed by atoms with Gasteiger partial charge in [0.15, 0.2) is 0 Å². The molecule has 8 nitrogen and oxygen atoms in total. The predicted octanol–water partition coefficient (Wildman–Crippen LogP) is 4.21. The van der Waals surface area contributed by atoms with E-state index in [1.807, 2.05) is 19.1 Å². The van der Waals surface area contributed by atoms with E-state index in [2.05, 4.69) is 33.2 Å². The summed E-state index contributed by atoms with van der Waals surface area (Å²) in [6.07, 6.45) is 8.38. The fourth-order valence-electron chi connectivity index (χ4n) is 5.92. The van der Waals surface area contributed by atoms with Crippen molar-refractivity contribution in [3.8, 4) is 0 Å². The van der Waals surface area contributed by atoms with Gasteiger partial charge in [-0.2, -0.15) is 0 Å². The molecular formula is C27H39IN4O4S. The maximum Gasteiger partial charge on any atom is 0.253 e. The largest absolute Gasteiger partial charge is 0.326 e. The number of carbonyl (C=O) groups is 2. The summed E-state index contributed by atoms with van der Waals surface area (Å²) in [5, 5.41) is 5.83. The number of nitrogens with one attached hydrogen (secondary N) is 2. The first-order valence-corrected chi connectivity index (χ1v) is 16.6. The number of rotatable bonds is 9. The molecule has 0 atom stereocenters. The van der Waals surface area contributed by atoms with E-state index in [1.54, 1.807) is 6.07 Å². The maximum absolute atomic E-state index is 13.1. The molecule has 10 heteroatoms. The van der Waals surface area contributed by atoms with Gasteiger partial charge in [-0.15, -0.1) is 0 Å². The number of halogens is 1. The van der Waals surface area contributed by atoms with Gasteiger partial charge < -0.3 is 10.6 Å². The maximum atomic E-state index is 13.1. The number of benzene rings is 1. The summed E-state index contributed by atoms with van der Waals surface area (Å²) in [5.41, 5.74) is 1.79. The summed E-state index contributed by atoms with van der Waals surface area (Å²) >= 11 is 2.44. The van der Waals surface area contributed by atoms with Crippen molar-refractivity contribution < 1.29 is 18.0 Å². The molecule has 1 aromatic rings. The Bertz CT molecular complexity index is 1140. The van der Waals surface area contributed by atoms with Crippen molar-refractivity contribution in [1.29, 1.82) is 0 Å². The molecule has 0 aromatic heterocycles. The summed E-state index contributed by atoms with van der Waals surface area (Å²) < 4.78 is 29.0. The fourth-order valence-corrected chi connectivity index (χ4v) is 7.84. The van der Waals surface area contributed by atoms with E-state index >= 15 is 0 Å². The van der Waals surface area contributed by atoms with Crippen LogP contribution in [0.2, 0.25) is 0 Å². The number of hydrogen-bond acceptors (Lipinski definition) is 5. The molecule has 1 spiro atoms. The van der Waals surface area contributed by atoms with Gasteiger partial charge in [0.25, 0.3) is 5.91 Å². The predicted molar refractivity (Wildman–Crippen MR) is 156 cm³/mol. The van der Waals surface area contributed by atoms with Gasteiger partial charge in [0.2, 0.25) is 15.9 Å². The van der Waals surface area contributed by atoms with Gasteiger partial charge in [-0.25, -0.2) is 12.7 Å². The number of nitrogens with zero attached hydrogens (tertiary/aromatic N) is 2. The number of aliphatic imine (C=N–C) groups is 1. The van der Waals surface area contributed by atoms with Crippen LogP contribution in [0.3, 0.4) is 0 Å². The van der Waals surface area contributed by atoms with Crippen molar-refractivity contribution >= 4 is 56.0 Å². The first-order valence-electron chi connectivity index (χ1n) is 13.4. The van der Waals surface area contributed by atoms with Crippen molar-refractivity contribution in [1.82, 2.24) is 9.62 Å². The molecule has 1 aliphatic carbocycles. The van der Waals surface area contributed by atoms with Crippen molar-refractivity contribution in [2.75, 3.05) is 28.6 Å². The molecule has 0 radical (unpaired) electrons. The number of piperidine rings is 1. The Hall–Kier alpha value is -1.53. The fraction of sp³-hybridized carbons (Fsp3) is 0.667. The standard InChI is InChI=1S/C27H39IN4O4S/c1-19-18-24(29-20(2)33)10-9-22(19)11-17-37(35,36)32-15-12-27(13-16-32)26(34)30-25(31-27)23-7-5-21(6-8-23)4-3-14-28/h9-10,18,21,23H,3-8,11-17H2,1-2H3,(H,29,33)(H,30,31,34)/t21-,23-. The zero-order valence-electron chi connectivity index (χ0n) is 21.9. The summed E-state index contributed by atoms with van der Waals surface area (Å²) in [5.74, 6) is 1.78. The van der Waals surface area contributed by atoms with Gasteiger partial charge in [-0.1, -0.05) is 28.7 Å². The normalized spacial score (nSPS) is 24.1. The zero-order chi connectivity index (χ0) is 26.6. The van der Waals surface area contributed by atoms with Crippen LogP contribution in [0.15, 0.2) is 23.2 Å². The molecule has 2 amide bonds. The number of aryl methyl sites for hydroxylation is 2. The average molecular weight is 643 g/mol. The van der Waals surface area contributed by atoms with E-state index in [1.165, 1.54) is 41.3 Å². The number of sulfonamides is 1. The SMILES string of the molecule is CC(=O)Nc1ccc(CCS(=O)(=O)N2CCC3(CC2)N=C([C@H]2CC[C@H](CCCI)CC2)NC3=O)c(C)c1. The molecule has 37 heavy (non-hydrogen) atoms. The molecule has 2 aliphatic heterocycles. The molecule has 1 saturated heterocycles. The lowest BCUT2D eigenvalue weighted by Gasteiger charge is -2.34. The molecule has 0 unspecified atom stereocenters. The molecule has 0 bridgehead atoms. The third-order valence-corrected chi connectivity index (χ3v) is 10.8. The van der Waals surface area contributed by atoms with Gasteiger partial charge in [-0.3, -0.25) is 14.6 Å². The van der Waals surface area contributed by atoms with Crippen molar-refractivity contribution in [3.05, 3.63) is 29.3 Å². The van der Waals surface area contributed by atoms with Crippen LogP contribution in [0.25, 0.3) is 0 Å². The van der Waals surface area contributed by atoms with Gasteiger partial charge in [-0.05, 0) is 98.3 Å². The molecule has 2 heterocycles. The summed E-state index contributed by atoms with van der Waals surface area (Å²) in [6.45, 7) is 4.01. The second kappa shape index (κ2) is 12.1. The highest BCUT2D eigenvalue weighted by atomic mass is 127. The quantitative estimate of drug-likeness (QED) is 0.311. The van der Waals surface area contributed by atoms with Crippen LogP contribution in [-0.4, -0.2) is 59.2 Å². The lowest BCUT2D eigenvalue weighted by Crippen LogP contribution is -2.51. The molecule has 1 aromatic carbocycles. The second-order valence-electron chi connectivity index (χ2n) is 10.8. The highest BCUT2D eigenvalue weighted by molar-refractivity contribution is 14.1. The Morgan fingerprint density at radius 1 is 1.22 bits per heavy atom. The first-order chi connectivity index (χ1) is 17.6.